The Morgan fingerprint density at radius 3 is 2.43 bits per heavy atom. The molecule has 0 aliphatic carbocycles. The molecule has 0 saturated carbocycles. The number of hydrogen-bond acceptors (Lipinski definition) is 7. The number of nitrogens with zero attached hydrogens (tertiary/aromatic N) is 4. The van der Waals surface area contributed by atoms with Gasteiger partial charge in [0.15, 0.2) is 9.84 Å². The Bertz CT molecular complexity index is 1390. The van der Waals surface area contributed by atoms with Gasteiger partial charge in [-0.2, -0.15) is 0 Å². The van der Waals surface area contributed by atoms with E-state index >= 15 is 0 Å². The van der Waals surface area contributed by atoms with E-state index in [1.54, 1.807) is 35.4 Å². The highest BCUT2D eigenvalue weighted by molar-refractivity contribution is 7.90. The summed E-state index contributed by atoms with van der Waals surface area (Å²) in [4.78, 5) is 36.5. The number of carbonyl (C=O) groups is 2. The number of hydrogen-bond donors (Lipinski definition) is 0. The van der Waals surface area contributed by atoms with Crippen LogP contribution in [0.25, 0.3) is 10.2 Å². The van der Waals surface area contributed by atoms with E-state index in [4.69, 9.17) is 0 Å². The normalized spacial score (nSPS) is 19.7. The second kappa shape index (κ2) is 8.69. The van der Waals surface area contributed by atoms with E-state index in [9.17, 15) is 18.0 Å². The molecule has 0 radical (unpaired) electrons. The Morgan fingerprint density at radius 2 is 1.77 bits per heavy atom. The minimum Gasteiger partial charge on any atom is -0.312 e. The van der Waals surface area contributed by atoms with Crippen LogP contribution in [0.1, 0.15) is 36.9 Å². The van der Waals surface area contributed by atoms with Crippen LogP contribution in [0.15, 0.2) is 52.9 Å². The molecule has 3 amide bonds. The highest BCUT2D eigenvalue weighted by Gasteiger charge is 2.56. The average Bonchev–Trinajstić information content (AvgIpc) is 3.38. The molecule has 0 bridgehead atoms. The van der Waals surface area contributed by atoms with Gasteiger partial charge in [0.2, 0.25) is 0 Å². The summed E-state index contributed by atoms with van der Waals surface area (Å²) in [5, 5.41) is 0. The van der Waals surface area contributed by atoms with Gasteiger partial charge in [-0.15, -0.1) is 11.3 Å². The Hall–Kier alpha value is -2.82. The van der Waals surface area contributed by atoms with Crippen molar-refractivity contribution < 1.29 is 18.0 Å². The number of urea groups is 1. The third-order valence-electron chi connectivity index (χ3n) is 7.51. The van der Waals surface area contributed by atoms with Crippen LogP contribution < -0.4 is 0 Å². The predicted molar refractivity (Wildman–Crippen MR) is 135 cm³/mol. The largest absolute Gasteiger partial charge is 0.327 e. The van der Waals surface area contributed by atoms with E-state index in [0.717, 1.165) is 11.8 Å². The van der Waals surface area contributed by atoms with Crippen molar-refractivity contribution in [2.75, 3.05) is 26.4 Å². The van der Waals surface area contributed by atoms with Crippen LogP contribution in [0, 0.1) is 0 Å². The summed E-state index contributed by atoms with van der Waals surface area (Å²) in [5.41, 5.74) is 3.94. The van der Waals surface area contributed by atoms with Crippen molar-refractivity contribution in [3.05, 3.63) is 59.1 Å². The first-order valence-corrected chi connectivity index (χ1v) is 14.3. The number of fused-ring (bicyclic) bond motifs is 1. The van der Waals surface area contributed by atoms with E-state index in [2.05, 4.69) is 35.0 Å². The quantitative estimate of drug-likeness (QED) is 0.485. The van der Waals surface area contributed by atoms with Gasteiger partial charge in [0.05, 0.1) is 27.2 Å². The molecule has 3 aromatic rings. The number of sulfone groups is 1. The number of imide groups is 1. The van der Waals surface area contributed by atoms with E-state index in [0.29, 0.717) is 31.5 Å². The van der Waals surface area contributed by atoms with Crippen LogP contribution >= 0.6 is 11.3 Å². The maximum atomic E-state index is 13.5. The van der Waals surface area contributed by atoms with Crippen molar-refractivity contribution >= 4 is 43.3 Å². The Balaban J connectivity index is 1.29. The summed E-state index contributed by atoms with van der Waals surface area (Å²) in [6.45, 7) is 3.71. The van der Waals surface area contributed by atoms with Crippen LogP contribution in [0.3, 0.4) is 0 Å². The molecule has 8 nitrogen and oxygen atoms in total. The molecule has 35 heavy (non-hydrogen) atoms. The second-order valence-electron chi connectivity index (χ2n) is 9.47. The number of thiazole rings is 1. The lowest BCUT2D eigenvalue weighted by atomic mass is 9.85. The van der Waals surface area contributed by atoms with Crippen molar-refractivity contribution in [3.63, 3.8) is 0 Å². The molecule has 0 N–H and O–H groups in total. The molecule has 1 aromatic heterocycles. The Kier molecular flexibility index (Phi) is 5.93. The van der Waals surface area contributed by atoms with Crippen LogP contribution in [0.5, 0.6) is 0 Å². The molecule has 2 aromatic carbocycles. The molecule has 184 valence electrons. The van der Waals surface area contributed by atoms with Crippen molar-refractivity contribution in [2.45, 2.75) is 42.8 Å². The summed E-state index contributed by atoms with van der Waals surface area (Å²) >= 11 is 1.63. The third kappa shape index (κ3) is 4.13. The predicted octanol–water partition coefficient (Wildman–Crippen LogP) is 3.69. The molecule has 2 saturated heterocycles. The standard InChI is InChI=1S/C25H28N4O4S2/c1-17(19-6-9-22-21(14-19)26-16-34-22)28-12-10-25(11-13-28)23(30)29(24(31)27(25)2)15-18-4-7-20(8-5-18)35(3,32)33/h4-9,14,16-17H,10-13,15H2,1-3H3. The van der Waals surface area contributed by atoms with E-state index < -0.39 is 15.4 Å². The molecular weight excluding hydrogens is 484 g/mol. The number of likely N-dealkylation sites (tertiary alicyclic amines) is 1. The lowest BCUT2D eigenvalue weighted by molar-refractivity contribution is -0.135. The topological polar surface area (TPSA) is 90.9 Å². The highest BCUT2D eigenvalue weighted by atomic mass is 32.2. The van der Waals surface area contributed by atoms with Crippen molar-refractivity contribution in [1.29, 1.82) is 0 Å². The van der Waals surface area contributed by atoms with Gasteiger partial charge >= 0.3 is 6.03 Å². The minimum absolute atomic E-state index is 0.127. The maximum Gasteiger partial charge on any atom is 0.327 e. The minimum atomic E-state index is -3.30. The number of carbonyl (C=O) groups excluding carboxylic acids is 2. The van der Waals surface area contributed by atoms with Gasteiger partial charge in [-0.1, -0.05) is 18.2 Å². The molecule has 2 aliphatic heterocycles. The summed E-state index contributed by atoms with van der Waals surface area (Å²) in [6, 6.07) is 12.6. The van der Waals surface area contributed by atoms with Gasteiger partial charge in [0.1, 0.15) is 5.54 Å². The number of benzene rings is 2. The molecule has 2 fully saturated rings. The van der Waals surface area contributed by atoms with Gasteiger partial charge in [0, 0.05) is 32.4 Å². The summed E-state index contributed by atoms with van der Waals surface area (Å²) < 4.78 is 24.6. The van der Waals surface area contributed by atoms with Gasteiger partial charge in [-0.3, -0.25) is 14.6 Å². The molecule has 1 atom stereocenters. The molecule has 5 rings (SSSR count). The molecule has 3 heterocycles. The van der Waals surface area contributed by atoms with Crippen LogP contribution in [0.4, 0.5) is 4.79 Å². The zero-order chi connectivity index (χ0) is 25.0. The number of rotatable bonds is 5. The molecule has 2 aliphatic rings. The molecule has 10 heteroatoms. The van der Waals surface area contributed by atoms with Crippen molar-refractivity contribution in [3.8, 4) is 0 Å². The van der Waals surface area contributed by atoms with E-state index in [1.807, 2.05) is 5.51 Å². The fourth-order valence-electron chi connectivity index (χ4n) is 5.19. The van der Waals surface area contributed by atoms with Gasteiger partial charge in [0.25, 0.3) is 5.91 Å². The molecular formula is C25H28N4O4S2. The van der Waals surface area contributed by atoms with Gasteiger partial charge in [-0.25, -0.2) is 18.2 Å². The number of amides is 3. The first kappa shape index (κ1) is 23.9. The van der Waals surface area contributed by atoms with Crippen LogP contribution in [-0.4, -0.2) is 72.0 Å². The molecule has 1 spiro atoms. The Labute approximate surface area is 209 Å². The van der Waals surface area contributed by atoms with Gasteiger partial charge < -0.3 is 4.90 Å². The molecule has 1 unspecified atom stereocenters. The van der Waals surface area contributed by atoms with Crippen molar-refractivity contribution in [1.82, 2.24) is 19.7 Å². The lowest BCUT2D eigenvalue weighted by Crippen LogP contribution is -2.55. The number of piperidine rings is 1. The Morgan fingerprint density at radius 1 is 1.09 bits per heavy atom. The fraction of sp³-hybridized carbons (Fsp3) is 0.400. The monoisotopic (exact) mass is 512 g/mol. The smallest absolute Gasteiger partial charge is 0.312 e. The number of likely N-dealkylation sites (N-methyl/N-ethyl adjacent to an activating group) is 1. The fourth-order valence-corrected chi connectivity index (χ4v) is 6.48. The van der Waals surface area contributed by atoms with E-state index in [1.165, 1.54) is 27.3 Å². The van der Waals surface area contributed by atoms with E-state index in [-0.39, 0.29) is 29.4 Å². The van der Waals surface area contributed by atoms with Gasteiger partial charge in [-0.05, 0) is 55.2 Å². The summed E-state index contributed by atoms with van der Waals surface area (Å²) in [6.07, 6.45) is 2.29. The van der Waals surface area contributed by atoms with Crippen LogP contribution in [0.2, 0.25) is 0 Å². The highest BCUT2D eigenvalue weighted by Crippen LogP contribution is 2.39. The maximum absolute atomic E-state index is 13.5. The summed E-state index contributed by atoms with van der Waals surface area (Å²) in [5.74, 6) is -0.173. The van der Waals surface area contributed by atoms with Crippen molar-refractivity contribution in [2.24, 2.45) is 0 Å². The first-order chi connectivity index (χ1) is 16.6. The SMILES string of the molecule is CC(c1ccc2scnc2c1)N1CCC2(CC1)C(=O)N(Cc1ccc(S(C)(=O)=O)cc1)C(=O)N2C. The van der Waals surface area contributed by atoms with Crippen LogP contribution in [-0.2, 0) is 21.2 Å². The summed E-state index contributed by atoms with van der Waals surface area (Å²) in [7, 11) is -1.59. The zero-order valence-electron chi connectivity index (χ0n) is 20.0. The lowest BCUT2D eigenvalue weighted by Gasteiger charge is -2.43. The number of aromatic nitrogens is 1. The zero-order valence-corrected chi connectivity index (χ0v) is 21.6. The average molecular weight is 513 g/mol. The first-order valence-electron chi connectivity index (χ1n) is 11.6. The second-order valence-corrected chi connectivity index (χ2v) is 12.4. The third-order valence-corrected chi connectivity index (χ3v) is 9.44.